The van der Waals surface area contributed by atoms with Crippen LogP contribution in [-0.4, -0.2) is 19.0 Å². The Bertz CT molecular complexity index is 175. The van der Waals surface area contributed by atoms with Gasteiger partial charge in [-0.2, -0.15) is 0 Å². The Kier molecular flexibility index (Phi) is 6.65. The van der Waals surface area contributed by atoms with E-state index in [1.165, 1.54) is 5.57 Å². The zero-order chi connectivity index (χ0) is 9.56. The van der Waals surface area contributed by atoms with Crippen LogP contribution in [0.2, 0.25) is 0 Å². The lowest BCUT2D eigenvalue weighted by Gasteiger charge is -2.13. The second-order valence-corrected chi connectivity index (χ2v) is 3.55. The fraction of sp³-hybridized carbons (Fsp3) is 0.667. The Morgan fingerprint density at radius 1 is 1.50 bits per heavy atom. The Labute approximate surface area is 87.5 Å². The number of hydrogen-bond donors (Lipinski definition) is 0. The Morgan fingerprint density at radius 3 is 2.42 bits per heavy atom. The zero-order valence-corrected chi connectivity index (χ0v) is 9.92. The van der Waals surface area contributed by atoms with E-state index in [0.717, 1.165) is 6.42 Å². The molecule has 0 rings (SSSR count). The summed E-state index contributed by atoms with van der Waals surface area (Å²) in [6.07, 6.45) is 1.41. The highest BCUT2D eigenvalue weighted by Gasteiger charge is 2.10. The molecule has 0 heterocycles. The monoisotopic (exact) mass is 282 g/mol. The minimum absolute atomic E-state index is 0.0496. The maximum absolute atomic E-state index is 10.8. The lowest BCUT2D eigenvalue weighted by Crippen LogP contribution is -2.14. The second kappa shape index (κ2) is 6.60. The van der Waals surface area contributed by atoms with Crippen LogP contribution in [0.1, 0.15) is 26.7 Å². The third-order valence-corrected chi connectivity index (χ3v) is 2.65. The molecule has 0 saturated heterocycles. The molecule has 0 aliphatic carbocycles. The van der Waals surface area contributed by atoms with E-state index >= 15 is 0 Å². The van der Waals surface area contributed by atoms with Crippen molar-refractivity contribution >= 4 is 28.4 Å². The van der Waals surface area contributed by atoms with Gasteiger partial charge in [0.1, 0.15) is 5.78 Å². The van der Waals surface area contributed by atoms with Crippen LogP contribution in [0.3, 0.4) is 0 Å². The molecule has 0 amide bonds. The van der Waals surface area contributed by atoms with Gasteiger partial charge in [0.15, 0.2) is 0 Å². The molecule has 0 N–H and O–H groups in total. The maximum Gasteiger partial charge on any atom is 0.132 e. The molecule has 0 aromatic carbocycles. The summed E-state index contributed by atoms with van der Waals surface area (Å²) < 4.78 is 7.19. The molecule has 70 valence electrons. The minimum atomic E-state index is 0.0496. The van der Waals surface area contributed by atoms with Crippen LogP contribution in [0.15, 0.2) is 9.66 Å². The molecule has 0 bridgehead atoms. The predicted molar refractivity (Wildman–Crippen MR) is 58.5 cm³/mol. The van der Waals surface area contributed by atoms with Crippen LogP contribution in [0.25, 0.3) is 0 Å². The number of Topliss-reactive ketones (excluding diaryl/α,β-unsaturated/α-hetero) is 1. The number of rotatable bonds is 5. The summed E-state index contributed by atoms with van der Waals surface area (Å²) in [6.45, 7) is 3.63. The minimum Gasteiger partial charge on any atom is -0.381 e. The van der Waals surface area contributed by atoms with Crippen molar-refractivity contribution in [1.29, 1.82) is 0 Å². The van der Waals surface area contributed by atoms with E-state index in [0.29, 0.717) is 6.42 Å². The van der Waals surface area contributed by atoms with Gasteiger partial charge in [0.2, 0.25) is 0 Å². The van der Waals surface area contributed by atoms with Crippen molar-refractivity contribution in [3.8, 4) is 0 Å². The highest BCUT2D eigenvalue weighted by Crippen LogP contribution is 2.12. The molecule has 0 radical (unpaired) electrons. The van der Waals surface area contributed by atoms with Crippen molar-refractivity contribution in [3.05, 3.63) is 9.66 Å². The van der Waals surface area contributed by atoms with E-state index in [4.69, 9.17) is 4.74 Å². The Morgan fingerprint density at radius 2 is 2.08 bits per heavy atom. The fourth-order valence-electron chi connectivity index (χ4n) is 0.963. The van der Waals surface area contributed by atoms with E-state index in [9.17, 15) is 4.79 Å². The first-order valence-electron chi connectivity index (χ1n) is 3.88. The summed E-state index contributed by atoms with van der Waals surface area (Å²) in [6, 6.07) is 0. The molecule has 2 nitrogen and oxygen atoms in total. The number of ether oxygens (including phenoxy) is 1. The molecule has 0 aliphatic heterocycles. The number of carbonyl (C=O) groups excluding carboxylic acids is 1. The van der Waals surface area contributed by atoms with Gasteiger partial charge in [0, 0.05) is 13.5 Å². The van der Waals surface area contributed by atoms with Gasteiger partial charge in [-0.1, -0.05) is 28.2 Å². The molecule has 0 unspecified atom stereocenters. The van der Waals surface area contributed by atoms with Gasteiger partial charge < -0.3 is 4.74 Å². The molecular formula is C9H15IO2. The summed E-state index contributed by atoms with van der Waals surface area (Å²) >= 11 is 2.19. The average molecular weight is 282 g/mol. The van der Waals surface area contributed by atoms with Crippen LogP contribution in [0, 0.1) is 0 Å². The fourth-order valence-corrected chi connectivity index (χ4v) is 1.22. The first-order valence-corrected chi connectivity index (χ1v) is 5.12. The van der Waals surface area contributed by atoms with Gasteiger partial charge in [0.25, 0.3) is 0 Å². The second-order valence-electron chi connectivity index (χ2n) is 2.92. The Hall–Kier alpha value is 0.100. The summed E-state index contributed by atoms with van der Waals surface area (Å²) in [5, 5.41) is 0. The normalized spacial score (nSPS) is 14.5. The molecule has 0 fully saturated rings. The molecule has 1 atom stereocenters. The molecule has 0 aromatic rings. The average Bonchev–Trinajstić information content (AvgIpc) is 2.02. The molecular weight excluding hydrogens is 267 g/mol. The van der Waals surface area contributed by atoms with Crippen LogP contribution in [0.5, 0.6) is 0 Å². The number of carbonyl (C=O) groups is 1. The van der Waals surface area contributed by atoms with Gasteiger partial charge in [0.05, 0.1) is 6.10 Å². The number of halogens is 1. The van der Waals surface area contributed by atoms with Gasteiger partial charge in [-0.15, -0.1) is 0 Å². The summed E-state index contributed by atoms with van der Waals surface area (Å²) in [7, 11) is 1.65. The topological polar surface area (TPSA) is 26.3 Å². The largest absolute Gasteiger partial charge is 0.381 e. The highest BCUT2D eigenvalue weighted by atomic mass is 127. The number of methoxy groups -OCH3 is 1. The van der Waals surface area contributed by atoms with Crippen molar-refractivity contribution in [2.45, 2.75) is 32.8 Å². The molecule has 0 aromatic heterocycles. The summed E-state index contributed by atoms with van der Waals surface area (Å²) in [5.41, 5.74) is 1.25. The van der Waals surface area contributed by atoms with Gasteiger partial charge in [-0.05, 0) is 24.4 Å². The number of hydrogen-bond acceptors (Lipinski definition) is 2. The quantitative estimate of drug-likeness (QED) is 0.725. The van der Waals surface area contributed by atoms with E-state index in [-0.39, 0.29) is 11.9 Å². The van der Waals surface area contributed by atoms with Crippen LogP contribution in [-0.2, 0) is 9.53 Å². The van der Waals surface area contributed by atoms with Gasteiger partial charge in [-0.25, -0.2) is 0 Å². The maximum atomic E-state index is 10.8. The first-order chi connectivity index (χ1) is 5.60. The van der Waals surface area contributed by atoms with Gasteiger partial charge >= 0.3 is 0 Å². The van der Waals surface area contributed by atoms with Crippen molar-refractivity contribution in [2.24, 2.45) is 0 Å². The SMILES string of the molecule is CO[C@@H](CC(C)=O)C/C(C)=C/I. The van der Waals surface area contributed by atoms with E-state index in [2.05, 4.69) is 22.6 Å². The highest BCUT2D eigenvalue weighted by molar-refractivity contribution is 14.1. The molecule has 0 aliphatic rings. The molecule has 12 heavy (non-hydrogen) atoms. The smallest absolute Gasteiger partial charge is 0.132 e. The predicted octanol–water partition coefficient (Wildman–Crippen LogP) is 2.71. The lowest BCUT2D eigenvalue weighted by molar-refractivity contribution is -0.119. The molecule has 3 heteroatoms. The lowest BCUT2D eigenvalue weighted by atomic mass is 10.1. The number of ketones is 1. The standard InChI is InChI=1S/C9H15IO2/c1-7(6-10)4-9(12-3)5-8(2)11/h6,9H,4-5H2,1-3H3/b7-6+/t9-/m1/s1. The van der Waals surface area contributed by atoms with Crippen molar-refractivity contribution in [3.63, 3.8) is 0 Å². The third kappa shape index (κ3) is 5.71. The van der Waals surface area contributed by atoms with E-state index in [1.54, 1.807) is 14.0 Å². The van der Waals surface area contributed by atoms with Crippen LogP contribution >= 0.6 is 22.6 Å². The Balaban J connectivity index is 3.91. The van der Waals surface area contributed by atoms with Crippen molar-refractivity contribution < 1.29 is 9.53 Å². The van der Waals surface area contributed by atoms with Crippen LogP contribution in [0.4, 0.5) is 0 Å². The summed E-state index contributed by atoms with van der Waals surface area (Å²) in [5.74, 6) is 0.183. The molecule has 0 spiro atoms. The van der Waals surface area contributed by atoms with E-state index in [1.807, 2.05) is 11.0 Å². The zero-order valence-electron chi connectivity index (χ0n) is 7.76. The van der Waals surface area contributed by atoms with E-state index < -0.39 is 0 Å². The van der Waals surface area contributed by atoms with Crippen molar-refractivity contribution in [2.75, 3.05) is 7.11 Å². The van der Waals surface area contributed by atoms with Gasteiger partial charge in [-0.3, -0.25) is 4.79 Å². The molecule has 0 saturated carbocycles. The van der Waals surface area contributed by atoms with Crippen LogP contribution < -0.4 is 0 Å². The third-order valence-electron chi connectivity index (χ3n) is 1.58. The first kappa shape index (κ1) is 12.1. The summed E-state index contributed by atoms with van der Waals surface area (Å²) in [4.78, 5) is 10.8. The van der Waals surface area contributed by atoms with Crippen molar-refractivity contribution in [1.82, 2.24) is 0 Å².